The molecule has 0 saturated heterocycles. The Hall–Kier alpha value is -0.840. The summed E-state index contributed by atoms with van der Waals surface area (Å²) in [4.78, 5) is 0. The molecule has 0 aliphatic heterocycles. The Morgan fingerprint density at radius 1 is 1.47 bits per heavy atom. The van der Waals surface area contributed by atoms with E-state index in [1.165, 1.54) is 0 Å². The Labute approximate surface area is 126 Å². The van der Waals surface area contributed by atoms with Crippen molar-refractivity contribution in [3.05, 3.63) is 51.2 Å². The van der Waals surface area contributed by atoms with Crippen molar-refractivity contribution in [1.29, 1.82) is 0 Å². The van der Waals surface area contributed by atoms with Crippen LogP contribution in [0.3, 0.4) is 0 Å². The molecule has 0 aliphatic rings. The fraction of sp³-hybridized carbons (Fsp3) is 0.357. The van der Waals surface area contributed by atoms with Crippen molar-refractivity contribution in [1.82, 2.24) is 9.78 Å². The number of halogens is 2. The first-order chi connectivity index (χ1) is 9.11. The van der Waals surface area contributed by atoms with Gasteiger partial charge in [-0.3, -0.25) is 4.68 Å². The van der Waals surface area contributed by atoms with E-state index >= 15 is 0 Å². The summed E-state index contributed by atoms with van der Waals surface area (Å²) in [6.45, 7) is 2.89. The van der Waals surface area contributed by atoms with Gasteiger partial charge in [0, 0.05) is 18.0 Å². The molecule has 0 aliphatic carbocycles. The SMILES string of the molecule is CCCn1ncc(Br)c1C(O)Cc1cccc(Cl)c1. The second-order valence-corrected chi connectivity index (χ2v) is 5.74. The number of rotatable bonds is 5. The number of aliphatic hydroxyl groups excluding tert-OH is 1. The summed E-state index contributed by atoms with van der Waals surface area (Å²) in [7, 11) is 0. The van der Waals surface area contributed by atoms with Crippen molar-refractivity contribution in [2.75, 3.05) is 0 Å². The van der Waals surface area contributed by atoms with Crippen LogP contribution in [0, 0.1) is 0 Å². The Kier molecular flexibility index (Phi) is 5.02. The highest BCUT2D eigenvalue weighted by Crippen LogP contribution is 2.27. The molecule has 0 fully saturated rings. The predicted octanol–water partition coefficient (Wildman–Crippen LogP) is 3.99. The Bertz CT molecular complexity index is 556. The van der Waals surface area contributed by atoms with E-state index < -0.39 is 6.10 Å². The van der Waals surface area contributed by atoms with Gasteiger partial charge in [-0.15, -0.1) is 0 Å². The van der Waals surface area contributed by atoms with Crippen LogP contribution in [0.4, 0.5) is 0 Å². The van der Waals surface area contributed by atoms with E-state index in [1.54, 1.807) is 6.20 Å². The summed E-state index contributed by atoms with van der Waals surface area (Å²) in [6.07, 6.45) is 2.63. The Morgan fingerprint density at radius 2 is 2.26 bits per heavy atom. The molecule has 1 aromatic carbocycles. The van der Waals surface area contributed by atoms with E-state index in [4.69, 9.17) is 11.6 Å². The molecule has 5 heteroatoms. The van der Waals surface area contributed by atoms with Crippen LogP contribution >= 0.6 is 27.5 Å². The van der Waals surface area contributed by atoms with Crippen molar-refractivity contribution in [2.45, 2.75) is 32.4 Å². The van der Waals surface area contributed by atoms with Gasteiger partial charge in [-0.05, 0) is 40.0 Å². The van der Waals surface area contributed by atoms with E-state index in [1.807, 2.05) is 28.9 Å². The predicted molar refractivity (Wildman–Crippen MR) is 80.3 cm³/mol. The quantitative estimate of drug-likeness (QED) is 0.891. The summed E-state index contributed by atoms with van der Waals surface area (Å²) in [5.41, 5.74) is 1.83. The number of nitrogens with zero attached hydrogens (tertiary/aromatic N) is 2. The average molecular weight is 344 g/mol. The minimum absolute atomic E-state index is 0.522. The second-order valence-electron chi connectivity index (χ2n) is 4.45. The molecule has 0 bridgehead atoms. The molecule has 19 heavy (non-hydrogen) atoms. The second kappa shape index (κ2) is 6.55. The van der Waals surface area contributed by atoms with Crippen molar-refractivity contribution in [2.24, 2.45) is 0 Å². The van der Waals surface area contributed by atoms with Crippen molar-refractivity contribution >= 4 is 27.5 Å². The first-order valence-electron chi connectivity index (χ1n) is 6.25. The normalized spacial score (nSPS) is 12.6. The van der Waals surface area contributed by atoms with Crippen molar-refractivity contribution < 1.29 is 5.11 Å². The number of aryl methyl sites for hydroxylation is 1. The molecule has 0 radical (unpaired) electrons. The summed E-state index contributed by atoms with van der Waals surface area (Å²) in [5, 5.41) is 15.4. The maximum absolute atomic E-state index is 10.4. The highest BCUT2D eigenvalue weighted by molar-refractivity contribution is 9.10. The molecule has 2 rings (SSSR count). The molecule has 1 atom stereocenters. The molecule has 0 amide bonds. The fourth-order valence-corrected chi connectivity index (χ4v) is 2.85. The summed E-state index contributed by atoms with van der Waals surface area (Å²) in [6, 6.07) is 7.56. The summed E-state index contributed by atoms with van der Waals surface area (Å²) in [5.74, 6) is 0. The van der Waals surface area contributed by atoms with Crippen molar-refractivity contribution in [3.8, 4) is 0 Å². The maximum Gasteiger partial charge on any atom is 0.101 e. The lowest BCUT2D eigenvalue weighted by Crippen LogP contribution is -2.11. The average Bonchev–Trinajstić information content (AvgIpc) is 2.71. The zero-order chi connectivity index (χ0) is 13.8. The molecule has 0 saturated carbocycles. The van der Waals surface area contributed by atoms with Gasteiger partial charge in [-0.25, -0.2) is 0 Å². The van der Waals surface area contributed by atoms with E-state index in [-0.39, 0.29) is 0 Å². The van der Waals surface area contributed by atoms with Gasteiger partial charge in [0.2, 0.25) is 0 Å². The summed E-state index contributed by atoms with van der Waals surface area (Å²) >= 11 is 9.40. The van der Waals surface area contributed by atoms with Gasteiger partial charge in [-0.2, -0.15) is 5.10 Å². The zero-order valence-corrected chi connectivity index (χ0v) is 13.0. The minimum atomic E-state index is -0.595. The molecule has 1 heterocycles. The third-order valence-corrected chi connectivity index (χ3v) is 3.75. The molecule has 0 spiro atoms. The van der Waals surface area contributed by atoms with Crippen LogP contribution in [0.15, 0.2) is 34.9 Å². The van der Waals surface area contributed by atoms with Crippen LogP contribution in [0.25, 0.3) is 0 Å². The topological polar surface area (TPSA) is 38.0 Å². The Morgan fingerprint density at radius 3 is 2.95 bits per heavy atom. The number of aliphatic hydroxyl groups is 1. The van der Waals surface area contributed by atoms with E-state index in [0.29, 0.717) is 11.4 Å². The van der Waals surface area contributed by atoms with Gasteiger partial charge in [-0.1, -0.05) is 30.7 Å². The van der Waals surface area contributed by atoms with Crippen LogP contribution in [-0.2, 0) is 13.0 Å². The van der Waals surface area contributed by atoms with Gasteiger partial charge < -0.3 is 5.11 Å². The lowest BCUT2D eigenvalue weighted by atomic mass is 10.1. The summed E-state index contributed by atoms with van der Waals surface area (Å²) < 4.78 is 2.69. The molecular weight excluding hydrogens is 328 g/mol. The first-order valence-corrected chi connectivity index (χ1v) is 7.42. The van der Waals surface area contributed by atoms with Crippen molar-refractivity contribution in [3.63, 3.8) is 0 Å². The Balaban J connectivity index is 2.20. The van der Waals surface area contributed by atoms with E-state index in [9.17, 15) is 5.11 Å². The lowest BCUT2D eigenvalue weighted by molar-refractivity contribution is 0.166. The zero-order valence-electron chi connectivity index (χ0n) is 10.7. The molecule has 2 aromatic rings. The van der Waals surface area contributed by atoms with E-state index in [0.717, 1.165) is 28.7 Å². The molecule has 1 N–H and O–H groups in total. The van der Waals surface area contributed by atoms with Gasteiger partial charge in [0.15, 0.2) is 0 Å². The van der Waals surface area contributed by atoms with E-state index in [2.05, 4.69) is 28.0 Å². The van der Waals surface area contributed by atoms with Crippen LogP contribution in [0.1, 0.15) is 30.7 Å². The lowest BCUT2D eigenvalue weighted by Gasteiger charge is -2.14. The standard InChI is InChI=1S/C14H16BrClN2O/c1-2-6-18-14(12(15)9-17-18)13(19)8-10-4-3-5-11(16)7-10/h3-5,7,9,13,19H,2,6,8H2,1H3. The smallest absolute Gasteiger partial charge is 0.101 e. The molecular formula is C14H16BrClN2O. The minimum Gasteiger partial charge on any atom is -0.386 e. The monoisotopic (exact) mass is 342 g/mol. The van der Waals surface area contributed by atoms with Gasteiger partial charge in [0.1, 0.15) is 6.10 Å². The molecule has 1 unspecified atom stereocenters. The third-order valence-electron chi connectivity index (χ3n) is 2.90. The number of benzene rings is 1. The molecule has 3 nitrogen and oxygen atoms in total. The number of hydrogen-bond donors (Lipinski definition) is 1. The number of aromatic nitrogens is 2. The fourth-order valence-electron chi connectivity index (χ4n) is 2.08. The van der Waals surface area contributed by atoms with Crippen LogP contribution < -0.4 is 0 Å². The van der Waals surface area contributed by atoms with Crippen LogP contribution in [0.5, 0.6) is 0 Å². The molecule has 1 aromatic heterocycles. The maximum atomic E-state index is 10.4. The largest absolute Gasteiger partial charge is 0.386 e. The van der Waals surface area contributed by atoms with Crippen LogP contribution in [-0.4, -0.2) is 14.9 Å². The van der Waals surface area contributed by atoms with Gasteiger partial charge >= 0.3 is 0 Å². The highest BCUT2D eigenvalue weighted by Gasteiger charge is 2.18. The van der Waals surface area contributed by atoms with Gasteiger partial charge in [0.05, 0.1) is 16.4 Å². The first kappa shape index (κ1) is 14.6. The highest BCUT2D eigenvalue weighted by atomic mass is 79.9. The third kappa shape index (κ3) is 3.59. The molecule has 102 valence electrons. The van der Waals surface area contributed by atoms with Crippen LogP contribution in [0.2, 0.25) is 5.02 Å². The van der Waals surface area contributed by atoms with Gasteiger partial charge in [0.25, 0.3) is 0 Å². The number of hydrogen-bond acceptors (Lipinski definition) is 2.